The van der Waals surface area contributed by atoms with Crippen LogP contribution in [0.25, 0.3) is 0 Å². The van der Waals surface area contributed by atoms with Crippen molar-refractivity contribution in [2.24, 2.45) is 5.73 Å². The standard InChI is InChI=1S/C12H12FIN2O3S/c13-8-1-3-9(4-2-8)20(18,19)16-6-5-10-12(16,7-14-10)11(15)17/h1-4,7,10H,5-6H2,(H2,15,17)/t10-,12-/m0/s1. The maximum absolute atomic E-state index is 12.9. The van der Waals surface area contributed by atoms with Crippen molar-refractivity contribution < 1.29 is 17.6 Å². The second kappa shape index (κ2) is 4.57. The summed E-state index contributed by atoms with van der Waals surface area (Å²) >= 11 is -0.278. The highest BCUT2D eigenvalue weighted by molar-refractivity contribution is 14.2. The first-order valence-corrected chi connectivity index (χ1v) is 9.87. The highest BCUT2D eigenvalue weighted by Gasteiger charge is 2.60. The third kappa shape index (κ3) is 1.77. The van der Waals surface area contributed by atoms with Gasteiger partial charge >= 0.3 is 0 Å². The minimum atomic E-state index is -3.84. The maximum atomic E-state index is 12.9. The van der Waals surface area contributed by atoms with Crippen LogP contribution in [0.5, 0.6) is 0 Å². The van der Waals surface area contributed by atoms with Crippen LogP contribution < -0.4 is 5.73 Å². The van der Waals surface area contributed by atoms with Gasteiger partial charge in [-0.05, 0) is 34.7 Å². The summed E-state index contributed by atoms with van der Waals surface area (Å²) in [5, 5.41) is 0. The lowest BCUT2D eigenvalue weighted by atomic mass is 10.00. The Labute approximate surface area is 125 Å². The van der Waals surface area contributed by atoms with Crippen molar-refractivity contribution in [1.82, 2.24) is 4.31 Å². The van der Waals surface area contributed by atoms with Crippen LogP contribution in [0.3, 0.4) is 0 Å². The molecule has 108 valence electrons. The van der Waals surface area contributed by atoms with Crippen molar-refractivity contribution in [2.45, 2.75) is 20.8 Å². The van der Waals surface area contributed by atoms with E-state index < -0.39 is 27.3 Å². The third-order valence-electron chi connectivity index (χ3n) is 3.65. The maximum Gasteiger partial charge on any atom is 0.244 e. The molecule has 2 aliphatic heterocycles. The number of hydrogen-bond acceptors (Lipinski definition) is 3. The lowest BCUT2D eigenvalue weighted by Crippen LogP contribution is -2.63. The molecular weight excluding hydrogens is 398 g/mol. The van der Waals surface area contributed by atoms with Gasteiger partial charge in [-0.25, -0.2) is 12.8 Å². The minimum Gasteiger partial charge on any atom is -0.368 e. The van der Waals surface area contributed by atoms with Crippen LogP contribution in [0, 0.1) is 5.82 Å². The number of halogens is 2. The van der Waals surface area contributed by atoms with Gasteiger partial charge in [0.25, 0.3) is 0 Å². The van der Waals surface area contributed by atoms with E-state index in [0.717, 1.165) is 12.1 Å². The van der Waals surface area contributed by atoms with Crippen molar-refractivity contribution in [3.63, 3.8) is 0 Å². The van der Waals surface area contributed by atoms with Gasteiger partial charge in [0, 0.05) is 10.5 Å². The molecule has 0 spiro atoms. The van der Waals surface area contributed by atoms with Gasteiger partial charge in [0.05, 0.1) is 4.90 Å². The van der Waals surface area contributed by atoms with Crippen LogP contribution in [0.1, 0.15) is 6.42 Å². The molecule has 0 radical (unpaired) electrons. The molecular formula is C12H12FIN2O3S. The number of carbonyl (C=O) groups excluding carboxylic acids is 1. The lowest BCUT2D eigenvalue weighted by Gasteiger charge is -2.39. The van der Waals surface area contributed by atoms with Gasteiger partial charge in [0.1, 0.15) is 11.4 Å². The first-order valence-electron chi connectivity index (χ1n) is 5.94. The summed E-state index contributed by atoms with van der Waals surface area (Å²) in [4.78, 5) is 11.8. The molecule has 20 heavy (non-hydrogen) atoms. The molecule has 2 N–H and O–H groups in total. The molecule has 8 heteroatoms. The molecule has 0 aromatic heterocycles. The van der Waals surface area contributed by atoms with Crippen molar-refractivity contribution in [3.8, 4) is 0 Å². The van der Waals surface area contributed by atoms with Gasteiger partial charge in [-0.15, -0.1) is 20.7 Å². The fourth-order valence-corrected chi connectivity index (χ4v) is 8.16. The summed E-state index contributed by atoms with van der Waals surface area (Å²) in [6, 6.07) is 4.60. The smallest absolute Gasteiger partial charge is 0.244 e. The second-order valence-corrected chi connectivity index (χ2v) is 9.42. The Bertz CT molecular complexity index is 704. The SMILES string of the molecule is NC(=O)[C@]12C=I[C@H]1CCN2S(=O)(=O)c1ccc(F)cc1. The van der Waals surface area contributed by atoms with Crippen LogP contribution >= 0.6 is 20.7 Å². The van der Waals surface area contributed by atoms with Gasteiger partial charge in [0.15, 0.2) is 0 Å². The molecule has 1 aromatic carbocycles. The molecule has 0 unspecified atom stereocenters. The first-order chi connectivity index (χ1) is 9.39. The Kier molecular flexibility index (Phi) is 3.22. The Morgan fingerprint density at radius 3 is 2.55 bits per heavy atom. The van der Waals surface area contributed by atoms with Crippen LogP contribution in [-0.4, -0.2) is 38.7 Å². The van der Waals surface area contributed by atoms with Crippen molar-refractivity contribution in [1.29, 1.82) is 0 Å². The number of rotatable bonds is 3. The minimum absolute atomic E-state index is 0.0151. The van der Waals surface area contributed by atoms with Gasteiger partial charge in [-0.1, -0.05) is 0 Å². The summed E-state index contributed by atoms with van der Waals surface area (Å²) in [5.74, 6) is -1.12. The zero-order valence-electron chi connectivity index (χ0n) is 10.3. The molecule has 0 aliphatic carbocycles. The fourth-order valence-electron chi connectivity index (χ4n) is 2.56. The van der Waals surface area contributed by atoms with E-state index in [1.165, 1.54) is 16.4 Å². The topological polar surface area (TPSA) is 80.5 Å². The molecule has 1 amide bonds. The van der Waals surface area contributed by atoms with Crippen molar-refractivity contribution >= 4 is 40.7 Å². The van der Waals surface area contributed by atoms with E-state index in [4.69, 9.17) is 5.73 Å². The van der Waals surface area contributed by atoms with E-state index in [0.29, 0.717) is 6.42 Å². The Morgan fingerprint density at radius 2 is 2.05 bits per heavy atom. The average Bonchev–Trinajstić information content (AvgIpc) is 2.62. The van der Waals surface area contributed by atoms with Crippen LogP contribution in [0.4, 0.5) is 4.39 Å². The monoisotopic (exact) mass is 410 g/mol. The molecule has 1 saturated heterocycles. The van der Waals surface area contributed by atoms with Gasteiger partial charge < -0.3 is 5.73 Å². The van der Waals surface area contributed by atoms with E-state index in [1.54, 1.807) is 4.01 Å². The predicted molar refractivity (Wildman–Crippen MR) is 80.7 cm³/mol. The van der Waals surface area contributed by atoms with Gasteiger partial charge in [-0.3, -0.25) is 4.79 Å². The van der Waals surface area contributed by atoms with E-state index in [9.17, 15) is 17.6 Å². The Balaban J connectivity index is 2.06. The molecule has 0 bridgehead atoms. The first kappa shape index (κ1) is 14.1. The summed E-state index contributed by atoms with van der Waals surface area (Å²) in [7, 11) is -3.84. The normalized spacial score (nSPS) is 29.4. The highest BCUT2D eigenvalue weighted by Crippen LogP contribution is 2.47. The molecule has 3 rings (SSSR count). The zero-order valence-corrected chi connectivity index (χ0v) is 13.3. The fraction of sp³-hybridized carbons (Fsp3) is 0.333. The highest BCUT2D eigenvalue weighted by atomic mass is 127. The molecule has 2 atom stereocenters. The summed E-state index contributed by atoms with van der Waals surface area (Å²) in [6.45, 7) is 0.281. The quantitative estimate of drug-likeness (QED) is 0.586. The number of primary amides is 1. The number of benzene rings is 1. The summed E-state index contributed by atoms with van der Waals surface area (Å²) in [6.07, 6.45) is 0.660. The van der Waals surface area contributed by atoms with E-state index in [2.05, 4.69) is 0 Å². The largest absolute Gasteiger partial charge is 0.368 e. The van der Waals surface area contributed by atoms with Gasteiger partial charge in [0.2, 0.25) is 15.9 Å². The van der Waals surface area contributed by atoms with Crippen molar-refractivity contribution in [3.05, 3.63) is 30.1 Å². The molecule has 2 heterocycles. The second-order valence-electron chi connectivity index (χ2n) is 4.71. The number of alkyl halides is 1. The number of nitrogens with zero attached hydrogens (tertiary/aromatic N) is 1. The molecule has 5 nitrogen and oxygen atoms in total. The Hall–Kier alpha value is -0.870. The summed E-state index contributed by atoms with van der Waals surface area (Å²) < 4.78 is 41.2. The lowest BCUT2D eigenvalue weighted by molar-refractivity contribution is -0.122. The van der Waals surface area contributed by atoms with Gasteiger partial charge in [-0.2, -0.15) is 4.31 Å². The molecule has 2 aliphatic rings. The van der Waals surface area contributed by atoms with Crippen LogP contribution in [0.15, 0.2) is 29.2 Å². The number of amides is 1. The number of nitrogens with two attached hydrogens (primary N) is 1. The molecule has 1 aromatic rings. The predicted octanol–water partition coefficient (Wildman–Crippen LogP) is 0.599. The van der Waals surface area contributed by atoms with Crippen molar-refractivity contribution in [2.75, 3.05) is 6.54 Å². The zero-order chi connectivity index (χ0) is 14.5. The van der Waals surface area contributed by atoms with E-state index in [-0.39, 0.29) is 36.1 Å². The number of sulfonamides is 1. The third-order valence-corrected chi connectivity index (χ3v) is 9.34. The average molecular weight is 410 g/mol. The number of fused-ring (bicyclic) bond motifs is 1. The molecule has 0 saturated carbocycles. The summed E-state index contributed by atoms with van der Waals surface area (Å²) in [5.41, 5.74) is 4.29. The van der Waals surface area contributed by atoms with Crippen LogP contribution in [0.2, 0.25) is 0 Å². The number of hydrogen-bond donors (Lipinski definition) is 1. The van der Waals surface area contributed by atoms with E-state index >= 15 is 0 Å². The number of carbonyl (C=O) groups is 1. The molecule has 1 fully saturated rings. The van der Waals surface area contributed by atoms with E-state index in [1.807, 2.05) is 0 Å². The van der Waals surface area contributed by atoms with Crippen LogP contribution in [-0.2, 0) is 14.8 Å². The Morgan fingerprint density at radius 1 is 1.40 bits per heavy atom.